The minimum absolute atomic E-state index is 0.338. The van der Waals surface area contributed by atoms with Crippen molar-refractivity contribution in [3.05, 3.63) is 71.4 Å². The van der Waals surface area contributed by atoms with Crippen molar-refractivity contribution in [2.24, 2.45) is 0 Å². The second kappa shape index (κ2) is 8.72. The standard InChI is InChI=1S/C27H35N3O2/c1-19-7-10-21(11-8-19)23-17-29(18-25(23)28(5)6)16-20-9-12-24-22(15-20)13-14-30(24)26(31)32-27(2,3)4/h7-15,23,25H,16-18H2,1-6H3. The van der Waals surface area contributed by atoms with Gasteiger partial charge < -0.3 is 9.64 Å². The minimum atomic E-state index is -0.514. The quantitative estimate of drug-likeness (QED) is 0.562. The smallest absolute Gasteiger partial charge is 0.418 e. The molecule has 0 N–H and O–H groups in total. The average molecular weight is 434 g/mol. The molecule has 5 nitrogen and oxygen atoms in total. The second-order valence-corrected chi connectivity index (χ2v) is 10.3. The highest BCUT2D eigenvalue weighted by atomic mass is 16.6. The van der Waals surface area contributed by atoms with Crippen LogP contribution in [0, 0.1) is 6.92 Å². The van der Waals surface area contributed by atoms with E-state index in [0.717, 1.165) is 30.5 Å². The lowest BCUT2D eigenvalue weighted by molar-refractivity contribution is 0.0544. The number of aryl methyl sites for hydroxylation is 1. The van der Waals surface area contributed by atoms with E-state index in [1.165, 1.54) is 16.7 Å². The van der Waals surface area contributed by atoms with Crippen LogP contribution >= 0.6 is 0 Å². The van der Waals surface area contributed by atoms with E-state index in [9.17, 15) is 4.79 Å². The highest BCUT2D eigenvalue weighted by molar-refractivity contribution is 5.89. The first kappa shape index (κ1) is 22.6. The molecule has 1 aromatic heterocycles. The van der Waals surface area contributed by atoms with Crippen LogP contribution in [-0.4, -0.2) is 59.3 Å². The molecule has 1 saturated heterocycles. The summed E-state index contributed by atoms with van der Waals surface area (Å²) in [4.78, 5) is 17.4. The van der Waals surface area contributed by atoms with Crippen molar-refractivity contribution in [2.75, 3.05) is 27.2 Å². The van der Waals surface area contributed by atoms with E-state index in [-0.39, 0.29) is 6.09 Å². The van der Waals surface area contributed by atoms with E-state index in [0.29, 0.717) is 12.0 Å². The fourth-order valence-electron chi connectivity index (χ4n) is 4.68. The van der Waals surface area contributed by atoms with Crippen molar-refractivity contribution in [2.45, 2.75) is 51.8 Å². The highest BCUT2D eigenvalue weighted by Gasteiger charge is 2.35. The highest BCUT2D eigenvalue weighted by Crippen LogP contribution is 2.32. The van der Waals surface area contributed by atoms with Crippen LogP contribution in [-0.2, 0) is 11.3 Å². The number of ether oxygens (including phenoxy) is 1. The van der Waals surface area contributed by atoms with Crippen LogP contribution < -0.4 is 0 Å². The fourth-order valence-corrected chi connectivity index (χ4v) is 4.68. The van der Waals surface area contributed by atoms with Gasteiger partial charge in [0.15, 0.2) is 0 Å². The number of likely N-dealkylation sites (N-methyl/N-ethyl adjacent to an activating group) is 1. The number of carbonyl (C=O) groups excluding carboxylic acids is 1. The number of hydrogen-bond acceptors (Lipinski definition) is 4. The summed E-state index contributed by atoms with van der Waals surface area (Å²) in [5.74, 6) is 0.502. The molecule has 1 aliphatic heterocycles. The van der Waals surface area contributed by atoms with Gasteiger partial charge in [0.05, 0.1) is 5.52 Å². The molecule has 0 amide bonds. The fraction of sp³-hybridized carbons (Fsp3) is 0.444. The molecule has 0 spiro atoms. The number of benzene rings is 2. The SMILES string of the molecule is Cc1ccc(C2CN(Cc3ccc4c(ccn4C(=O)OC(C)(C)C)c3)CC2N(C)C)cc1. The van der Waals surface area contributed by atoms with Crippen LogP contribution in [0.25, 0.3) is 10.9 Å². The molecule has 0 aliphatic carbocycles. The third-order valence-corrected chi connectivity index (χ3v) is 6.28. The van der Waals surface area contributed by atoms with Crippen molar-refractivity contribution in [3.63, 3.8) is 0 Å². The van der Waals surface area contributed by atoms with E-state index in [4.69, 9.17) is 4.74 Å². The molecule has 32 heavy (non-hydrogen) atoms. The van der Waals surface area contributed by atoms with Crippen molar-refractivity contribution >= 4 is 17.0 Å². The van der Waals surface area contributed by atoms with Gasteiger partial charge in [-0.15, -0.1) is 0 Å². The Balaban J connectivity index is 1.50. The van der Waals surface area contributed by atoms with Gasteiger partial charge in [-0.25, -0.2) is 4.79 Å². The summed E-state index contributed by atoms with van der Waals surface area (Å²) >= 11 is 0. The first-order valence-electron chi connectivity index (χ1n) is 11.4. The summed E-state index contributed by atoms with van der Waals surface area (Å²) in [5.41, 5.74) is 4.35. The molecular weight excluding hydrogens is 398 g/mol. The van der Waals surface area contributed by atoms with Crippen LogP contribution in [0.4, 0.5) is 4.79 Å². The zero-order valence-corrected chi connectivity index (χ0v) is 20.1. The predicted octanol–water partition coefficient (Wildman–Crippen LogP) is 5.26. The number of nitrogens with zero attached hydrogens (tertiary/aromatic N) is 3. The Hall–Kier alpha value is -2.63. The number of fused-ring (bicyclic) bond motifs is 1. The van der Waals surface area contributed by atoms with E-state index in [1.54, 1.807) is 10.8 Å². The van der Waals surface area contributed by atoms with Gasteiger partial charge in [-0.05, 0) is 71.1 Å². The summed E-state index contributed by atoms with van der Waals surface area (Å²) in [6.45, 7) is 10.8. The van der Waals surface area contributed by atoms with Gasteiger partial charge in [-0.2, -0.15) is 0 Å². The summed E-state index contributed by atoms with van der Waals surface area (Å²) in [7, 11) is 4.36. The number of likely N-dealkylation sites (tertiary alicyclic amines) is 1. The van der Waals surface area contributed by atoms with Crippen LogP contribution in [0.2, 0.25) is 0 Å². The molecule has 2 unspecified atom stereocenters. The van der Waals surface area contributed by atoms with Gasteiger partial charge >= 0.3 is 6.09 Å². The molecular formula is C27H35N3O2. The van der Waals surface area contributed by atoms with Crippen LogP contribution in [0.5, 0.6) is 0 Å². The largest absolute Gasteiger partial charge is 0.443 e. The average Bonchev–Trinajstić information content (AvgIpc) is 3.31. The van der Waals surface area contributed by atoms with E-state index >= 15 is 0 Å². The Kier molecular flexibility index (Phi) is 6.15. The third-order valence-electron chi connectivity index (χ3n) is 6.28. The van der Waals surface area contributed by atoms with Gasteiger partial charge in [0.25, 0.3) is 0 Å². The van der Waals surface area contributed by atoms with Crippen LogP contribution in [0.3, 0.4) is 0 Å². The maximum atomic E-state index is 12.5. The Morgan fingerprint density at radius 1 is 1.06 bits per heavy atom. The van der Waals surface area contributed by atoms with Gasteiger partial charge in [-0.3, -0.25) is 9.47 Å². The monoisotopic (exact) mass is 433 g/mol. The Labute approximate surface area is 191 Å². The molecule has 2 atom stereocenters. The molecule has 1 aliphatic rings. The molecule has 3 aromatic rings. The van der Waals surface area contributed by atoms with Gasteiger partial charge in [0.2, 0.25) is 0 Å². The lowest BCUT2D eigenvalue weighted by Crippen LogP contribution is -2.34. The molecule has 2 heterocycles. The Morgan fingerprint density at radius 2 is 1.78 bits per heavy atom. The van der Waals surface area contributed by atoms with Crippen LogP contribution in [0.1, 0.15) is 43.4 Å². The maximum Gasteiger partial charge on any atom is 0.418 e. The lowest BCUT2D eigenvalue weighted by Gasteiger charge is -2.25. The van der Waals surface area contributed by atoms with Crippen molar-refractivity contribution < 1.29 is 9.53 Å². The topological polar surface area (TPSA) is 37.7 Å². The normalized spacial score (nSPS) is 19.7. The molecule has 5 heteroatoms. The number of aromatic nitrogens is 1. The molecule has 4 rings (SSSR count). The first-order valence-corrected chi connectivity index (χ1v) is 11.4. The maximum absolute atomic E-state index is 12.5. The van der Waals surface area contributed by atoms with E-state index < -0.39 is 5.60 Å². The minimum Gasteiger partial charge on any atom is -0.443 e. The molecule has 170 valence electrons. The van der Waals surface area contributed by atoms with Crippen molar-refractivity contribution in [1.82, 2.24) is 14.4 Å². The van der Waals surface area contributed by atoms with Gasteiger partial charge in [0.1, 0.15) is 5.60 Å². The molecule has 0 bridgehead atoms. The lowest BCUT2D eigenvalue weighted by atomic mass is 9.93. The number of carbonyl (C=O) groups is 1. The predicted molar refractivity (Wildman–Crippen MR) is 130 cm³/mol. The summed E-state index contributed by atoms with van der Waals surface area (Å²) in [5, 5.41) is 1.06. The van der Waals surface area contributed by atoms with Gasteiger partial charge in [-0.1, -0.05) is 35.9 Å². The van der Waals surface area contributed by atoms with Crippen molar-refractivity contribution in [3.8, 4) is 0 Å². The number of hydrogen-bond donors (Lipinski definition) is 0. The molecule has 2 aromatic carbocycles. The Morgan fingerprint density at radius 3 is 2.44 bits per heavy atom. The Bertz CT molecular complexity index is 1090. The molecule has 1 fully saturated rings. The molecule has 0 radical (unpaired) electrons. The summed E-state index contributed by atoms with van der Waals surface area (Å²) < 4.78 is 7.13. The summed E-state index contributed by atoms with van der Waals surface area (Å²) in [6, 6.07) is 17.8. The third kappa shape index (κ3) is 4.89. The molecule has 0 saturated carbocycles. The zero-order valence-electron chi connectivity index (χ0n) is 20.1. The first-order chi connectivity index (χ1) is 15.1. The number of rotatable bonds is 4. The zero-order chi connectivity index (χ0) is 23.0. The second-order valence-electron chi connectivity index (χ2n) is 10.3. The van der Waals surface area contributed by atoms with E-state index in [2.05, 4.69) is 67.2 Å². The summed E-state index contributed by atoms with van der Waals surface area (Å²) in [6.07, 6.45) is 1.46. The van der Waals surface area contributed by atoms with Crippen molar-refractivity contribution in [1.29, 1.82) is 0 Å². The van der Waals surface area contributed by atoms with Gasteiger partial charge in [0, 0.05) is 43.2 Å². The van der Waals surface area contributed by atoms with Crippen LogP contribution in [0.15, 0.2) is 54.7 Å². The van der Waals surface area contributed by atoms with E-state index in [1.807, 2.05) is 32.9 Å².